The number of fused-ring (bicyclic) bond motifs is 1. The number of hydrogen-bond acceptors (Lipinski definition) is 4. The Bertz CT molecular complexity index is 870. The maximum absolute atomic E-state index is 4.64. The summed E-state index contributed by atoms with van der Waals surface area (Å²) in [6.45, 7) is 5.60. The number of thiazole rings is 1. The quantitative estimate of drug-likeness (QED) is 0.324. The van der Waals surface area contributed by atoms with Gasteiger partial charge in [-0.3, -0.25) is 9.98 Å². The Morgan fingerprint density at radius 3 is 2.65 bits per heavy atom. The molecule has 0 spiro atoms. The molecule has 0 atom stereocenters. The van der Waals surface area contributed by atoms with Crippen LogP contribution in [-0.2, 0) is 13.1 Å². The second-order valence-electron chi connectivity index (χ2n) is 6.08. The molecule has 0 unspecified atom stereocenters. The third-order valence-electron chi connectivity index (χ3n) is 3.97. The van der Waals surface area contributed by atoms with E-state index in [9.17, 15) is 0 Å². The smallest absolute Gasteiger partial charge is 0.191 e. The normalized spacial score (nSPS) is 11.5. The third-order valence-corrected chi connectivity index (χ3v) is 4.84. The summed E-state index contributed by atoms with van der Waals surface area (Å²) in [5.74, 6) is 1.20. The average Bonchev–Trinajstić information content (AvgIpc) is 3.11. The zero-order valence-corrected chi connectivity index (χ0v) is 18.3. The fraction of sp³-hybridized carbons (Fsp3) is 0.316. The van der Waals surface area contributed by atoms with E-state index in [0.29, 0.717) is 19.0 Å². The minimum atomic E-state index is 0. The Balaban J connectivity index is 0.00000243. The number of nitrogens with zero attached hydrogens (tertiary/aromatic N) is 3. The number of aliphatic imine (C=N–C) groups is 1. The molecule has 7 heteroatoms. The Kier molecular flexibility index (Phi) is 7.77. The number of aromatic nitrogens is 2. The molecule has 0 fully saturated rings. The molecule has 1 aromatic carbocycles. The molecule has 0 amide bonds. The molecule has 2 aromatic heterocycles. The van der Waals surface area contributed by atoms with Gasteiger partial charge in [0.15, 0.2) is 5.96 Å². The van der Waals surface area contributed by atoms with Crippen molar-refractivity contribution in [2.45, 2.75) is 32.9 Å². The first kappa shape index (κ1) is 20.6. The lowest BCUT2D eigenvalue weighted by atomic mass is 10.1. The Labute approximate surface area is 175 Å². The van der Waals surface area contributed by atoms with Gasteiger partial charge in [0.2, 0.25) is 0 Å². The summed E-state index contributed by atoms with van der Waals surface area (Å²) in [6, 6.07) is 10.3. The van der Waals surface area contributed by atoms with Crippen molar-refractivity contribution in [2.75, 3.05) is 7.05 Å². The topological polar surface area (TPSA) is 62.2 Å². The molecule has 138 valence electrons. The van der Waals surface area contributed by atoms with Gasteiger partial charge >= 0.3 is 0 Å². The molecule has 2 heterocycles. The van der Waals surface area contributed by atoms with E-state index in [-0.39, 0.29) is 24.0 Å². The molecule has 0 radical (unpaired) electrons. The van der Waals surface area contributed by atoms with Crippen LogP contribution in [0.3, 0.4) is 0 Å². The molecule has 5 nitrogen and oxygen atoms in total. The first-order valence-electron chi connectivity index (χ1n) is 8.39. The number of hydrogen-bond donors (Lipinski definition) is 2. The molecule has 2 N–H and O–H groups in total. The van der Waals surface area contributed by atoms with Gasteiger partial charge in [0.05, 0.1) is 24.5 Å². The first-order chi connectivity index (χ1) is 12.2. The standard InChI is InChI=1S/C19H23N5S.HI/c1-13(2)17-12-25-18(24-17)11-23-19(20-3)22-10-16-15-7-5-4-6-14(15)8-9-21-16;/h4-9,12-13H,10-11H2,1-3H3,(H2,20,22,23);1H. The highest BCUT2D eigenvalue weighted by molar-refractivity contribution is 14.0. The van der Waals surface area contributed by atoms with Gasteiger partial charge in [0.1, 0.15) is 5.01 Å². The van der Waals surface area contributed by atoms with Crippen LogP contribution in [-0.4, -0.2) is 23.0 Å². The number of rotatable bonds is 5. The van der Waals surface area contributed by atoms with E-state index in [2.05, 4.69) is 57.0 Å². The van der Waals surface area contributed by atoms with Crippen LogP contribution in [0.4, 0.5) is 0 Å². The van der Waals surface area contributed by atoms with E-state index in [1.165, 1.54) is 5.39 Å². The lowest BCUT2D eigenvalue weighted by Gasteiger charge is -2.12. The van der Waals surface area contributed by atoms with E-state index >= 15 is 0 Å². The molecule has 26 heavy (non-hydrogen) atoms. The molecular weight excluding hydrogens is 457 g/mol. The van der Waals surface area contributed by atoms with Crippen LogP contribution in [0.25, 0.3) is 10.8 Å². The highest BCUT2D eigenvalue weighted by Gasteiger charge is 2.07. The highest BCUT2D eigenvalue weighted by Crippen LogP contribution is 2.18. The maximum Gasteiger partial charge on any atom is 0.191 e. The van der Waals surface area contributed by atoms with Crippen molar-refractivity contribution in [2.24, 2.45) is 4.99 Å². The van der Waals surface area contributed by atoms with Crippen LogP contribution >= 0.6 is 35.3 Å². The molecule has 3 aromatic rings. The van der Waals surface area contributed by atoms with Crippen LogP contribution in [0.2, 0.25) is 0 Å². The molecule has 0 aliphatic carbocycles. The van der Waals surface area contributed by atoms with Crippen LogP contribution in [0.15, 0.2) is 46.9 Å². The average molecular weight is 481 g/mol. The number of halogens is 1. The van der Waals surface area contributed by atoms with Crippen LogP contribution < -0.4 is 10.6 Å². The summed E-state index contributed by atoms with van der Waals surface area (Å²) in [5.41, 5.74) is 2.15. The van der Waals surface area contributed by atoms with E-state index in [1.807, 2.05) is 24.4 Å². The fourth-order valence-electron chi connectivity index (χ4n) is 2.54. The van der Waals surface area contributed by atoms with Crippen molar-refractivity contribution in [1.29, 1.82) is 0 Å². The van der Waals surface area contributed by atoms with Crippen molar-refractivity contribution in [3.63, 3.8) is 0 Å². The maximum atomic E-state index is 4.64. The van der Waals surface area contributed by atoms with Gasteiger partial charge in [-0.25, -0.2) is 4.98 Å². The Morgan fingerprint density at radius 1 is 1.15 bits per heavy atom. The predicted octanol–water partition coefficient (Wildman–Crippen LogP) is 4.30. The number of benzene rings is 1. The summed E-state index contributed by atoms with van der Waals surface area (Å²) >= 11 is 1.68. The van der Waals surface area contributed by atoms with Crippen molar-refractivity contribution >= 4 is 52.0 Å². The summed E-state index contributed by atoms with van der Waals surface area (Å²) in [7, 11) is 1.77. The van der Waals surface area contributed by atoms with E-state index < -0.39 is 0 Å². The Morgan fingerprint density at radius 2 is 1.92 bits per heavy atom. The zero-order valence-electron chi connectivity index (χ0n) is 15.2. The second kappa shape index (κ2) is 9.82. The van der Waals surface area contributed by atoms with Crippen LogP contribution in [0.5, 0.6) is 0 Å². The molecule has 0 bridgehead atoms. The fourth-order valence-corrected chi connectivity index (χ4v) is 3.44. The van der Waals surface area contributed by atoms with Gasteiger partial charge in [0, 0.05) is 24.0 Å². The molecule has 0 aliphatic rings. The molecule has 0 aliphatic heterocycles. The SMILES string of the molecule is CN=C(NCc1nc(C(C)C)cs1)NCc1nccc2ccccc12.I. The third kappa shape index (κ3) is 5.14. The zero-order chi connectivity index (χ0) is 17.6. The van der Waals surface area contributed by atoms with Crippen LogP contribution in [0.1, 0.15) is 36.2 Å². The van der Waals surface area contributed by atoms with Crippen LogP contribution in [0, 0.1) is 0 Å². The summed E-state index contributed by atoms with van der Waals surface area (Å²) in [5, 5.41) is 12.2. The van der Waals surface area contributed by atoms with Crippen molar-refractivity contribution < 1.29 is 0 Å². The molecule has 3 rings (SSSR count). The second-order valence-corrected chi connectivity index (χ2v) is 7.02. The largest absolute Gasteiger partial charge is 0.351 e. The summed E-state index contributed by atoms with van der Waals surface area (Å²) < 4.78 is 0. The monoisotopic (exact) mass is 481 g/mol. The van der Waals surface area contributed by atoms with Gasteiger partial charge in [-0.2, -0.15) is 0 Å². The lowest BCUT2D eigenvalue weighted by molar-refractivity contribution is 0.780. The first-order valence-corrected chi connectivity index (χ1v) is 9.26. The minimum Gasteiger partial charge on any atom is -0.351 e. The minimum absolute atomic E-state index is 0. The van der Waals surface area contributed by atoms with Crippen molar-refractivity contribution in [3.8, 4) is 0 Å². The van der Waals surface area contributed by atoms with Gasteiger partial charge in [0.25, 0.3) is 0 Å². The Hall–Kier alpha value is -1.74. The van der Waals surface area contributed by atoms with Gasteiger partial charge in [-0.05, 0) is 17.4 Å². The van der Waals surface area contributed by atoms with Gasteiger partial charge in [-0.1, -0.05) is 38.1 Å². The van der Waals surface area contributed by atoms with E-state index in [1.54, 1.807) is 18.4 Å². The molecule has 0 saturated heterocycles. The van der Waals surface area contributed by atoms with Gasteiger partial charge in [-0.15, -0.1) is 35.3 Å². The number of nitrogens with one attached hydrogen (secondary N) is 2. The summed E-state index contributed by atoms with van der Waals surface area (Å²) in [6.07, 6.45) is 1.85. The van der Waals surface area contributed by atoms with Crippen molar-refractivity contribution in [1.82, 2.24) is 20.6 Å². The van der Waals surface area contributed by atoms with Crippen molar-refractivity contribution in [3.05, 3.63) is 58.3 Å². The van der Waals surface area contributed by atoms with E-state index in [0.717, 1.165) is 27.7 Å². The van der Waals surface area contributed by atoms with Gasteiger partial charge < -0.3 is 10.6 Å². The highest BCUT2D eigenvalue weighted by atomic mass is 127. The molecule has 0 saturated carbocycles. The predicted molar refractivity (Wildman–Crippen MR) is 120 cm³/mol. The summed E-state index contributed by atoms with van der Waals surface area (Å²) in [4.78, 5) is 13.4. The molecular formula is C19H24IN5S. The van der Waals surface area contributed by atoms with E-state index in [4.69, 9.17) is 0 Å². The number of guanidine groups is 1. The number of pyridine rings is 1. The lowest BCUT2D eigenvalue weighted by Crippen LogP contribution is -2.36.